The maximum Gasteiger partial charge on any atom is 0.215 e. The molecule has 0 aromatic carbocycles. The van der Waals surface area contributed by atoms with Crippen molar-refractivity contribution in [3.63, 3.8) is 0 Å². The van der Waals surface area contributed by atoms with Crippen LogP contribution in [0.4, 0.5) is 11.5 Å². The standard InChI is InChI=1S/C15H22N4O3/c16-15-21-8-5-14(22-15)18-13-2-1-12(9-17-13)19-6-3-11(10-20)4-7-19/h1-2,9-11,14-15H,3-8,16H2,(H,17,18). The molecule has 0 radical (unpaired) electrons. The van der Waals surface area contributed by atoms with Gasteiger partial charge in [-0.25, -0.2) is 4.98 Å². The molecule has 2 fully saturated rings. The van der Waals surface area contributed by atoms with Crippen molar-refractivity contribution >= 4 is 17.8 Å². The number of carbonyl (C=O) groups is 1. The molecule has 1 aromatic rings. The number of nitrogens with zero attached hydrogens (tertiary/aromatic N) is 2. The van der Waals surface area contributed by atoms with Gasteiger partial charge in [0.05, 0.1) is 18.5 Å². The SMILES string of the molecule is NC1OCCC(Nc2ccc(N3CCC(C=O)CC3)cn2)O1. The molecule has 7 heteroatoms. The maximum atomic E-state index is 10.8. The van der Waals surface area contributed by atoms with E-state index >= 15 is 0 Å². The highest BCUT2D eigenvalue weighted by atomic mass is 16.7. The summed E-state index contributed by atoms with van der Waals surface area (Å²) in [6.45, 7) is 2.37. The van der Waals surface area contributed by atoms with Gasteiger partial charge < -0.3 is 24.5 Å². The Morgan fingerprint density at radius 3 is 2.77 bits per heavy atom. The number of anilines is 2. The third kappa shape index (κ3) is 3.73. The minimum atomic E-state index is -0.676. The number of hydrogen-bond donors (Lipinski definition) is 2. The Balaban J connectivity index is 1.55. The van der Waals surface area contributed by atoms with Gasteiger partial charge in [0.25, 0.3) is 0 Å². The predicted molar refractivity (Wildman–Crippen MR) is 82.3 cm³/mol. The van der Waals surface area contributed by atoms with Crippen LogP contribution in [-0.4, -0.2) is 43.6 Å². The number of rotatable bonds is 4. The molecule has 2 unspecified atom stereocenters. The Bertz CT molecular complexity index is 488. The van der Waals surface area contributed by atoms with E-state index < -0.39 is 6.41 Å². The van der Waals surface area contributed by atoms with Crippen molar-refractivity contribution in [2.45, 2.75) is 31.9 Å². The van der Waals surface area contributed by atoms with Crippen LogP contribution in [0.2, 0.25) is 0 Å². The molecule has 3 heterocycles. The summed E-state index contributed by atoms with van der Waals surface area (Å²) < 4.78 is 10.5. The molecule has 2 saturated heterocycles. The second kappa shape index (κ2) is 7.04. The molecule has 0 amide bonds. The molecule has 0 bridgehead atoms. The van der Waals surface area contributed by atoms with Crippen LogP contribution >= 0.6 is 0 Å². The zero-order valence-electron chi connectivity index (χ0n) is 12.5. The van der Waals surface area contributed by atoms with E-state index in [0.29, 0.717) is 6.61 Å². The number of nitrogens with one attached hydrogen (secondary N) is 1. The van der Waals surface area contributed by atoms with Gasteiger partial charge in [-0.15, -0.1) is 0 Å². The van der Waals surface area contributed by atoms with Crippen molar-refractivity contribution in [2.75, 3.05) is 29.9 Å². The van der Waals surface area contributed by atoms with Crippen molar-refractivity contribution in [3.05, 3.63) is 18.3 Å². The van der Waals surface area contributed by atoms with E-state index in [1.165, 1.54) is 0 Å². The fourth-order valence-electron chi connectivity index (χ4n) is 2.78. The Morgan fingerprint density at radius 2 is 2.14 bits per heavy atom. The molecule has 3 N–H and O–H groups in total. The molecule has 3 rings (SSSR count). The summed E-state index contributed by atoms with van der Waals surface area (Å²) in [5.74, 6) is 0.964. The van der Waals surface area contributed by atoms with Crippen LogP contribution in [0.3, 0.4) is 0 Å². The fourth-order valence-corrected chi connectivity index (χ4v) is 2.78. The van der Waals surface area contributed by atoms with Crippen LogP contribution in [-0.2, 0) is 14.3 Å². The first-order chi connectivity index (χ1) is 10.7. The van der Waals surface area contributed by atoms with Crippen molar-refractivity contribution in [1.29, 1.82) is 0 Å². The minimum absolute atomic E-state index is 0.176. The summed E-state index contributed by atoms with van der Waals surface area (Å²) in [6.07, 6.45) is 4.63. The summed E-state index contributed by atoms with van der Waals surface area (Å²) in [4.78, 5) is 17.5. The normalized spacial score (nSPS) is 26.7. The van der Waals surface area contributed by atoms with Crippen LogP contribution in [0.5, 0.6) is 0 Å². The van der Waals surface area contributed by atoms with Crippen LogP contribution in [0.1, 0.15) is 19.3 Å². The highest BCUT2D eigenvalue weighted by Gasteiger charge is 2.21. The first-order valence-corrected chi connectivity index (χ1v) is 7.70. The molecule has 120 valence electrons. The second-order valence-corrected chi connectivity index (χ2v) is 5.66. The topological polar surface area (TPSA) is 89.7 Å². The number of aldehydes is 1. The molecule has 1 aromatic heterocycles. The summed E-state index contributed by atoms with van der Waals surface area (Å²) in [6, 6.07) is 3.97. The molecular formula is C15H22N4O3. The Morgan fingerprint density at radius 1 is 1.32 bits per heavy atom. The summed E-state index contributed by atoms with van der Waals surface area (Å²) in [7, 11) is 0. The van der Waals surface area contributed by atoms with Gasteiger partial charge in [0.1, 0.15) is 18.3 Å². The van der Waals surface area contributed by atoms with Crippen LogP contribution in [0.15, 0.2) is 18.3 Å². The summed E-state index contributed by atoms with van der Waals surface area (Å²) in [5, 5.41) is 3.20. The van der Waals surface area contributed by atoms with Crippen LogP contribution in [0, 0.1) is 5.92 Å². The molecule has 7 nitrogen and oxygen atoms in total. The number of aromatic nitrogens is 1. The third-order valence-corrected chi connectivity index (χ3v) is 4.11. The van der Waals surface area contributed by atoms with Gasteiger partial charge in [-0.3, -0.25) is 5.73 Å². The number of piperidine rings is 1. The molecule has 2 aliphatic rings. The van der Waals surface area contributed by atoms with Crippen LogP contribution in [0.25, 0.3) is 0 Å². The van der Waals surface area contributed by atoms with Gasteiger partial charge in [0, 0.05) is 25.4 Å². The van der Waals surface area contributed by atoms with Crippen molar-refractivity contribution in [3.8, 4) is 0 Å². The zero-order chi connectivity index (χ0) is 15.4. The molecule has 0 aliphatic carbocycles. The van der Waals surface area contributed by atoms with Gasteiger partial charge in [-0.1, -0.05) is 0 Å². The van der Waals surface area contributed by atoms with Gasteiger partial charge in [-0.05, 0) is 25.0 Å². The summed E-state index contributed by atoms with van der Waals surface area (Å²) in [5.41, 5.74) is 6.67. The fraction of sp³-hybridized carbons (Fsp3) is 0.600. The molecular weight excluding hydrogens is 284 g/mol. The zero-order valence-corrected chi connectivity index (χ0v) is 12.5. The van der Waals surface area contributed by atoms with E-state index in [9.17, 15) is 4.79 Å². The average molecular weight is 306 g/mol. The number of nitrogens with two attached hydrogens (primary N) is 1. The Labute approximate surface area is 129 Å². The number of ether oxygens (including phenoxy) is 2. The first-order valence-electron chi connectivity index (χ1n) is 7.70. The highest BCUT2D eigenvalue weighted by Crippen LogP contribution is 2.23. The van der Waals surface area contributed by atoms with Crippen molar-refractivity contribution in [1.82, 2.24) is 4.98 Å². The van der Waals surface area contributed by atoms with E-state index in [2.05, 4.69) is 15.2 Å². The predicted octanol–water partition coefficient (Wildman–Crippen LogP) is 0.914. The average Bonchev–Trinajstić information content (AvgIpc) is 2.56. The van der Waals surface area contributed by atoms with Gasteiger partial charge in [0.2, 0.25) is 6.41 Å². The lowest BCUT2D eigenvalue weighted by Crippen LogP contribution is -2.41. The first kappa shape index (κ1) is 15.2. The molecule has 22 heavy (non-hydrogen) atoms. The quantitative estimate of drug-likeness (QED) is 0.799. The monoisotopic (exact) mass is 306 g/mol. The lowest BCUT2D eigenvalue weighted by Gasteiger charge is -2.31. The van der Waals surface area contributed by atoms with Crippen molar-refractivity contribution in [2.24, 2.45) is 11.7 Å². The second-order valence-electron chi connectivity index (χ2n) is 5.66. The Hall–Kier alpha value is -1.70. The van der Waals surface area contributed by atoms with Crippen LogP contribution < -0.4 is 16.0 Å². The minimum Gasteiger partial charge on any atom is -0.370 e. The largest absolute Gasteiger partial charge is 0.370 e. The Kier molecular flexibility index (Phi) is 4.87. The van der Waals surface area contributed by atoms with E-state index in [4.69, 9.17) is 15.2 Å². The smallest absolute Gasteiger partial charge is 0.215 e. The maximum absolute atomic E-state index is 10.8. The van der Waals surface area contributed by atoms with E-state index in [-0.39, 0.29) is 12.1 Å². The van der Waals surface area contributed by atoms with E-state index in [1.807, 2.05) is 18.3 Å². The highest BCUT2D eigenvalue weighted by molar-refractivity contribution is 5.55. The lowest BCUT2D eigenvalue weighted by molar-refractivity contribution is -0.201. The number of pyridine rings is 1. The van der Waals surface area contributed by atoms with Gasteiger partial charge >= 0.3 is 0 Å². The molecule has 0 saturated carbocycles. The third-order valence-electron chi connectivity index (χ3n) is 4.11. The lowest BCUT2D eigenvalue weighted by atomic mass is 9.98. The van der Waals surface area contributed by atoms with E-state index in [1.54, 1.807) is 0 Å². The number of hydrogen-bond acceptors (Lipinski definition) is 7. The summed E-state index contributed by atoms with van der Waals surface area (Å²) >= 11 is 0. The number of carbonyl (C=O) groups excluding carboxylic acids is 1. The molecule has 2 atom stereocenters. The molecule has 2 aliphatic heterocycles. The van der Waals surface area contributed by atoms with E-state index in [0.717, 1.165) is 50.1 Å². The molecule has 0 spiro atoms. The van der Waals surface area contributed by atoms with Crippen molar-refractivity contribution < 1.29 is 14.3 Å². The van der Waals surface area contributed by atoms with Gasteiger partial charge in [0.15, 0.2) is 0 Å². The van der Waals surface area contributed by atoms with Gasteiger partial charge in [-0.2, -0.15) is 0 Å².